The normalized spacial score (nSPS) is 14.6. The number of likely N-dealkylation sites (tertiary alicyclic amines) is 1. The first-order valence-corrected chi connectivity index (χ1v) is 9.45. The van der Waals surface area contributed by atoms with Crippen LogP contribution in [0.3, 0.4) is 0 Å². The topological polar surface area (TPSA) is 70.4 Å². The Morgan fingerprint density at radius 3 is 2.64 bits per heavy atom. The molecule has 0 unspecified atom stereocenters. The molecule has 6 heteroatoms. The molecule has 0 spiro atoms. The van der Waals surface area contributed by atoms with E-state index < -0.39 is 0 Å². The average Bonchev–Trinajstić information content (AvgIpc) is 3.20. The fourth-order valence-corrected chi connectivity index (χ4v) is 3.54. The maximum absolute atomic E-state index is 12.5. The Morgan fingerprint density at radius 2 is 1.96 bits per heavy atom. The summed E-state index contributed by atoms with van der Waals surface area (Å²) in [6.07, 6.45) is 3.82. The molecule has 0 aliphatic carbocycles. The molecule has 2 N–H and O–H groups in total. The zero-order chi connectivity index (χ0) is 19.5. The van der Waals surface area contributed by atoms with Crippen molar-refractivity contribution in [2.24, 2.45) is 0 Å². The summed E-state index contributed by atoms with van der Waals surface area (Å²) in [6, 6.07) is 15.7. The predicted octanol–water partition coefficient (Wildman–Crippen LogP) is 2.99. The third-order valence-corrected chi connectivity index (χ3v) is 5.32. The molecule has 3 aromatic rings. The monoisotopic (exact) mass is 376 g/mol. The molecule has 1 aromatic heterocycles. The largest absolute Gasteiger partial charge is 0.392 e. The number of aliphatic hydroxyl groups excluding tert-OH is 1. The second-order valence-corrected chi connectivity index (χ2v) is 7.23. The predicted molar refractivity (Wildman–Crippen MR) is 108 cm³/mol. The van der Waals surface area contributed by atoms with E-state index in [0.717, 1.165) is 36.4 Å². The van der Waals surface area contributed by atoms with Crippen LogP contribution in [-0.4, -0.2) is 38.8 Å². The quantitative estimate of drug-likeness (QED) is 0.694. The number of nitrogens with one attached hydrogen (secondary N) is 1. The molecule has 28 heavy (non-hydrogen) atoms. The molecule has 0 radical (unpaired) electrons. The number of carbonyl (C=O) groups is 1. The van der Waals surface area contributed by atoms with E-state index >= 15 is 0 Å². The van der Waals surface area contributed by atoms with Crippen LogP contribution in [0.2, 0.25) is 0 Å². The molecule has 0 atom stereocenters. The summed E-state index contributed by atoms with van der Waals surface area (Å²) < 4.78 is 2.01. The lowest BCUT2D eigenvalue weighted by molar-refractivity contribution is 0.0909. The molecule has 4 rings (SSSR count). The van der Waals surface area contributed by atoms with Crippen LogP contribution in [0.4, 0.5) is 5.69 Å². The van der Waals surface area contributed by atoms with Gasteiger partial charge in [-0.05, 0) is 47.9 Å². The molecule has 1 amide bonds. The van der Waals surface area contributed by atoms with Crippen molar-refractivity contribution < 1.29 is 9.90 Å². The van der Waals surface area contributed by atoms with E-state index in [1.807, 2.05) is 72.5 Å². The SMILES string of the molecule is Cc1c(CO)cccc1NC(=O)c1ccc(CN2CC(n3cccn3)C2)cc1. The first kappa shape index (κ1) is 18.4. The van der Waals surface area contributed by atoms with Crippen molar-refractivity contribution in [2.75, 3.05) is 18.4 Å². The van der Waals surface area contributed by atoms with Gasteiger partial charge >= 0.3 is 0 Å². The van der Waals surface area contributed by atoms with Crippen molar-refractivity contribution >= 4 is 11.6 Å². The summed E-state index contributed by atoms with van der Waals surface area (Å²) in [5.41, 5.74) is 4.24. The van der Waals surface area contributed by atoms with Gasteiger partial charge in [-0.25, -0.2) is 0 Å². The van der Waals surface area contributed by atoms with Crippen LogP contribution in [0.5, 0.6) is 0 Å². The van der Waals surface area contributed by atoms with Crippen LogP contribution in [0.1, 0.15) is 33.1 Å². The Labute approximate surface area is 164 Å². The van der Waals surface area contributed by atoms with Crippen molar-refractivity contribution in [2.45, 2.75) is 26.1 Å². The molecule has 2 heterocycles. The van der Waals surface area contributed by atoms with Gasteiger partial charge in [0.25, 0.3) is 5.91 Å². The standard InChI is InChI=1S/C22H24N4O2/c1-16-19(15-27)4-2-5-21(16)24-22(28)18-8-6-17(7-9-18)12-25-13-20(14-25)26-11-3-10-23-26/h2-11,20,27H,12-15H2,1H3,(H,24,28). The highest BCUT2D eigenvalue weighted by atomic mass is 16.3. The highest BCUT2D eigenvalue weighted by Gasteiger charge is 2.28. The second kappa shape index (κ2) is 7.96. The highest BCUT2D eigenvalue weighted by molar-refractivity contribution is 6.04. The van der Waals surface area contributed by atoms with Gasteiger partial charge in [0.15, 0.2) is 0 Å². The Morgan fingerprint density at radius 1 is 1.18 bits per heavy atom. The lowest BCUT2D eigenvalue weighted by Gasteiger charge is -2.39. The van der Waals surface area contributed by atoms with Gasteiger partial charge < -0.3 is 10.4 Å². The number of aliphatic hydroxyl groups is 1. The highest BCUT2D eigenvalue weighted by Crippen LogP contribution is 2.23. The van der Waals surface area contributed by atoms with E-state index in [9.17, 15) is 9.90 Å². The van der Waals surface area contributed by atoms with Crippen molar-refractivity contribution in [1.82, 2.24) is 14.7 Å². The van der Waals surface area contributed by atoms with Crippen LogP contribution >= 0.6 is 0 Å². The van der Waals surface area contributed by atoms with Gasteiger partial charge in [0.05, 0.1) is 12.6 Å². The molecule has 1 fully saturated rings. The number of amides is 1. The Bertz CT molecular complexity index is 945. The number of aromatic nitrogens is 2. The van der Waals surface area contributed by atoms with Gasteiger partial charge in [0, 0.05) is 43.3 Å². The maximum Gasteiger partial charge on any atom is 0.255 e. The van der Waals surface area contributed by atoms with E-state index in [1.165, 1.54) is 5.56 Å². The van der Waals surface area contributed by atoms with Gasteiger partial charge in [-0.3, -0.25) is 14.4 Å². The van der Waals surface area contributed by atoms with E-state index in [1.54, 1.807) is 0 Å². The molecule has 1 aliphatic rings. The summed E-state index contributed by atoms with van der Waals surface area (Å²) in [6.45, 7) is 4.71. The van der Waals surface area contributed by atoms with Crippen LogP contribution in [0.15, 0.2) is 60.9 Å². The summed E-state index contributed by atoms with van der Waals surface area (Å²) in [4.78, 5) is 14.9. The fraction of sp³-hybridized carbons (Fsp3) is 0.273. The van der Waals surface area contributed by atoms with E-state index in [2.05, 4.69) is 15.3 Å². The Hall–Kier alpha value is -2.96. The third kappa shape index (κ3) is 3.83. The summed E-state index contributed by atoms with van der Waals surface area (Å²) in [7, 11) is 0. The lowest BCUT2D eigenvalue weighted by atomic mass is 10.1. The van der Waals surface area contributed by atoms with Gasteiger partial charge in [-0.2, -0.15) is 5.10 Å². The first-order chi connectivity index (χ1) is 13.6. The van der Waals surface area contributed by atoms with Gasteiger partial charge in [0.1, 0.15) is 0 Å². The van der Waals surface area contributed by atoms with Crippen molar-refractivity contribution in [3.63, 3.8) is 0 Å². The molecule has 1 saturated heterocycles. The molecule has 6 nitrogen and oxygen atoms in total. The second-order valence-electron chi connectivity index (χ2n) is 7.23. The minimum atomic E-state index is -0.146. The molecule has 144 valence electrons. The molecule has 0 bridgehead atoms. The number of anilines is 1. The van der Waals surface area contributed by atoms with Crippen molar-refractivity contribution in [3.05, 3.63) is 83.2 Å². The van der Waals surface area contributed by atoms with Crippen LogP contribution in [-0.2, 0) is 13.2 Å². The number of hydrogen-bond acceptors (Lipinski definition) is 4. The Kier molecular flexibility index (Phi) is 5.23. The summed E-state index contributed by atoms with van der Waals surface area (Å²) in [5, 5.41) is 16.6. The molecule has 1 aliphatic heterocycles. The molecule has 2 aromatic carbocycles. The van der Waals surface area contributed by atoms with E-state index in [-0.39, 0.29) is 12.5 Å². The van der Waals surface area contributed by atoms with Crippen molar-refractivity contribution in [3.8, 4) is 0 Å². The smallest absolute Gasteiger partial charge is 0.255 e. The number of hydrogen-bond donors (Lipinski definition) is 2. The van der Waals surface area contributed by atoms with Crippen LogP contribution < -0.4 is 5.32 Å². The van der Waals surface area contributed by atoms with Crippen LogP contribution in [0, 0.1) is 6.92 Å². The number of benzene rings is 2. The van der Waals surface area contributed by atoms with E-state index in [0.29, 0.717) is 11.6 Å². The maximum atomic E-state index is 12.5. The van der Waals surface area contributed by atoms with Crippen molar-refractivity contribution in [1.29, 1.82) is 0 Å². The zero-order valence-electron chi connectivity index (χ0n) is 15.9. The minimum Gasteiger partial charge on any atom is -0.392 e. The average molecular weight is 376 g/mol. The van der Waals surface area contributed by atoms with Gasteiger partial charge in [0.2, 0.25) is 0 Å². The van der Waals surface area contributed by atoms with E-state index in [4.69, 9.17) is 0 Å². The minimum absolute atomic E-state index is 0.0397. The van der Waals surface area contributed by atoms with Crippen LogP contribution in [0.25, 0.3) is 0 Å². The number of carbonyl (C=O) groups excluding carboxylic acids is 1. The number of rotatable bonds is 6. The Balaban J connectivity index is 1.34. The molecule has 0 saturated carbocycles. The molecular weight excluding hydrogens is 352 g/mol. The summed E-state index contributed by atoms with van der Waals surface area (Å²) in [5.74, 6) is -0.146. The molecular formula is C22H24N4O2. The fourth-order valence-electron chi connectivity index (χ4n) is 3.54. The van der Waals surface area contributed by atoms with Gasteiger partial charge in [-0.1, -0.05) is 24.3 Å². The number of nitrogens with zero attached hydrogens (tertiary/aromatic N) is 3. The zero-order valence-corrected chi connectivity index (χ0v) is 15.9. The summed E-state index contributed by atoms with van der Waals surface area (Å²) >= 11 is 0. The lowest BCUT2D eigenvalue weighted by Crippen LogP contribution is -2.47. The first-order valence-electron chi connectivity index (χ1n) is 9.45. The third-order valence-electron chi connectivity index (χ3n) is 5.32. The van der Waals surface area contributed by atoms with Gasteiger partial charge in [-0.15, -0.1) is 0 Å².